The van der Waals surface area contributed by atoms with Crippen molar-refractivity contribution >= 4 is 0 Å². The predicted octanol–water partition coefficient (Wildman–Crippen LogP) is -2.69. The maximum Gasteiger partial charge on any atom is 0.126 e. The molecule has 15 heavy (non-hydrogen) atoms. The number of nitrogens with two attached hydrogens (primary N) is 1. The number of nitrogens with zero attached hydrogens (tertiary/aromatic N) is 1. The molecule has 0 bridgehead atoms. The van der Waals surface area contributed by atoms with Gasteiger partial charge in [0.15, 0.2) is 0 Å². The van der Waals surface area contributed by atoms with Gasteiger partial charge in [0.2, 0.25) is 0 Å². The van der Waals surface area contributed by atoms with Crippen LogP contribution in [0.5, 0.6) is 0 Å². The Balaban J connectivity index is 2.19. The molecule has 6 nitrogen and oxygen atoms in total. The van der Waals surface area contributed by atoms with Gasteiger partial charge in [0.05, 0.1) is 18.8 Å². The fraction of sp³-hybridized carbons (Fsp3) is 1.00. The Labute approximate surface area is 88.2 Å². The van der Waals surface area contributed by atoms with E-state index in [4.69, 9.17) is 15.6 Å². The summed E-state index contributed by atoms with van der Waals surface area (Å²) in [4.78, 5) is 1.78. The first-order valence-corrected chi connectivity index (χ1v) is 5.03. The first kappa shape index (κ1) is 11.3. The summed E-state index contributed by atoms with van der Waals surface area (Å²) in [6.45, 7) is -0.318. The number of fused-ring (bicyclic) bond motifs is 1. The molecule has 2 rings (SSSR count). The molecule has 0 aromatic rings. The van der Waals surface area contributed by atoms with Crippen LogP contribution in [-0.4, -0.2) is 71.0 Å². The van der Waals surface area contributed by atoms with Gasteiger partial charge in [0.25, 0.3) is 0 Å². The number of hydrogen-bond acceptors (Lipinski definition) is 6. The average molecular weight is 218 g/mol. The van der Waals surface area contributed by atoms with Gasteiger partial charge < -0.3 is 25.8 Å². The lowest BCUT2D eigenvalue weighted by atomic mass is 10.0. The minimum atomic E-state index is -1.36. The van der Waals surface area contributed by atoms with Crippen LogP contribution in [0.3, 0.4) is 0 Å². The van der Waals surface area contributed by atoms with E-state index < -0.39 is 29.8 Å². The zero-order valence-corrected chi connectivity index (χ0v) is 8.87. The molecule has 1 heterocycles. The molecule has 1 aliphatic heterocycles. The van der Waals surface area contributed by atoms with Crippen molar-refractivity contribution in [1.82, 2.24) is 4.90 Å². The molecule has 0 spiro atoms. The van der Waals surface area contributed by atoms with Crippen LogP contribution in [0.4, 0.5) is 0 Å². The van der Waals surface area contributed by atoms with Crippen molar-refractivity contribution < 1.29 is 20.1 Å². The van der Waals surface area contributed by atoms with Gasteiger partial charge in [-0.05, 0) is 14.1 Å². The lowest BCUT2D eigenvalue weighted by Crippen LogP contribution is -2.58. The van der Waals surface area contributed by atoms with E-state index in [1.165, 1.54) is 0 Å². The smallest absolute Gasteiger partial charge is 0.126 e. The molecule has 0 aromatic carbocycles. The molecule has 88 valence electrons. The molecule has 0 radical (unpaired) electrons. The third-order valence-electron chi connectivity index (χ3n) is 3.48. The summed E-state index contributed by atoms with van der Waals surface area (Å²) < 4.78 is 5.48. The molecule has 5 unspecified atom stereocenters. The van der Waals surface area contributed by atoms with E-state index in [-0.39, 0.29) is 12.8 Å². The number of aliphatic hydroxyl groups is 3. The second-order valence-corrected chi connectivity index (χ2v) is 4.60. The Bertz CT molecular complexity index is 256. The van der Waals surface area contributed by atoms with E-state index in [0.717, 1.165) is 0 Å². The molecular formula is C9H18N2O4. The van der Waals surface area contributed by atoms with E-state index in [0.29, 0.717) is 0 Å². The Morgan fingerprint density at radius 2 is 2.07 bits per heavy atom. The van der Waals surface area contributed by atoms with Crippen LogP contribution in [0.1, 0.15) is 0 Å². The molecule has 6 atom stereocenters. The van der Waals surface area contributed by atoms with Crippen LogP contribution >= 0.6 is 0 Å². The SMILES string of the molecule is CN(C)C1OC(CO)[C@]2(O)C(O)C2C1N. The van der Waals surface area contributed by atoms with Gasteiger partial charge in [0.1, 0.15) is 17.9 Å². The first-order valence-electron chi connectivity index (χ1n) is 5.03. The number of rotatable bonds is 2. The summed E-state index contributed by atoms with van der Waals surface area (Å²) in [5.74, 6) is -0.407. The highest BCUT2D eigenvalue weighted by Crippen LogP contribution is 2.53. The molecule has 0 amide bonds. The standard InChI is InChI=1S/C9H18N2O4/c1-11(2)8-6(10)5-7(13)9(5,14)4(3-12)15-8/h4-8,12-14H,3,10H2,1-2H3/t4?,5?,6?,7?,8?,9-/m1/s1. The minimum absolute atomic E-state index is 0.318. The van der Waals surface area contributed by atoms with Gasteiger partial charge in [-0.15, -0.1) is 0 Å². The highest BCUT2D eigenvalue weighted by Gasteiger charge is 2.74. The van der Waals surface area contributed by atoms with Gasteiger partial charge >= 0.3 is 0 Å². The van der Waals surface area contributed by atoms with Crippen LogP contribution in [-0.2, 0) is 4.74 Å². The number of likely N-dealkylation sites (N-methyl/N-ethyl adjacent to an activating group) is 1. The molecule has 1 saturated carbocycles. The van der Waals surface area contributed by atoms with E-state index in [1.54, 1.807) is 19.0 Å². The van der Waals surface area contributed by atoms with Crippen molar-refractivity contribution in [2.45, 2.75) is 30.1 Å². The van der Waals surface area contributed by atoms with Crippen LogP contribution in [0, 0.1) is 5.92 Å². The summed E-state index contributed by atoms with van der Waals surface area (Å²) >= 11 is 0. The molecular weight excluding hydrogens is 200 g/mol. The van der Waals surface area contributed by atoms with Crippen LogP contribution < -0.4 is 5.73 Å². The fourth-order valence-corrected chi connectivity index (χ4v) is 2.53. The Hall–Kier alpha value is -0.240. The summed E-state index contributed by atoms with van der Waals surface area (Å²) in [6, 6.07) is -0.442. The van der Waals surface area contributed by atoms with E-state index >= 15 is 0 Å². The molecule has 1 saturated heterocycles. The lowest BCUT2D eigenvalue weighted by molar-refractivity contribution is -0.190. The summed E-state index contributed by atoms with van der Waals surface area (Å²) in [6.07, 6.45) is -2.04. The largest absolute Gasteiger partial charge is 0.394 e. The third kappa shape index (κ3) is 1.33. The molecule has 6 heteroatoms. The molecule has 2 fully saturated rings. The fourth-order valence-electron chi connectivity index (χ4n) is 2.53. The van der Waals surface area contributed by atoms with Crippen LogP contribution in [0.15, 0.2) is 0 Å². The normalized spacial score (nSPS) is 54.2. The van der Waals surface area contributed by atoms with Crippen molar-refractivity contribution in [3.8, 4) is 0 Å². The second-order valence-electron chi connectivity index (χ2n) is 4.60. The van der Waals surface area contributed by atoms with Crippen LogP contribution in [0.25, 0.3) is 0 Å². The zero-order valence-electron chi connectivity index (χ0n) is 8.87. The van der Waals surface area contributed by atoms with Crippen LogP contribution in [0.2, 0.25) is 0 Å². The highest BCUT2D eigenvalue weighted by molar-refractivity contribution is 5.24. The van der Waals surface area contributed by atoms with Crippen molar-refractivity contribution in [3.63, 3.8) is 0 Å². The van der Waals surface area contributed by atoms with Crippen molar-refractivity contribution in [2.24, 2.45) is 11.7 Å². The maximum atomic E-state index is 10.0. The monoisotopic (exact) mass is 218 g/mol. The molecule has 5 N–H and O–H groups in total. The molecule has 1 aliphatic carbocycles. The quantitative estimate of drug-likeness (QED) is 0.403. The van der Waals surface area contributed by atoms with Gasteiger partial charge in [0, 0.05) is 5.92 Å². The van der Waals surface area contributed by atoms with Crippen molar-refractivity contribution in [1.29, 1.82) is 0 Å². The molecule has 2 aliphatic rings. The van der Waals surface area contributed by atoms with Crippen molar-refractivity contribution in [2.75, 3.05) is 20.7 Å². The van der Waals surface area contributed by atoms with Gasteiger partial charge in [-0.2, -0.15) is 0 Å². The lowest BCUT2D eigenvalue weighted by Gasteiger charge is -2.39. The number of aliphatic hydroxyl groups excluding tert-OH is 2. The second kappa shape index (κ2) is 3.38. The summed E-state index contributed by atoms with van der Waals surface area (Å²) in [7, 11) is 3.61. The zero-order chi connectivity index (χ0) is 11.4. The highest BCUT2D eigenvalue weighted by atomic mass is 16.5. The summed E-state index contributed by atoms with van der Waals surface area (Å²) in [5.41, 5.74) is 4.53. The van der Waals surface area contributed by atoms with E-state index in [2.05, 4.69) is 0 Å². The number of hydrogen-bond donors (Lipinski definition) is 4. The maximum absolute atomic E-state index is 10.0. The first-order chi connectivity index (χ1) is 6.94. The Kier molecular flexibility index (Phi) is 2.53. The Morgan fingerprint density at radius 3 is 2.53 bits per heavy atom. The topological polar surface area (TPSA) is 99.2 Å². The number of ether oxygens (including phenoxy) is 1. The average Bonchev–Trinajstić information content (AvgIpc) is 2.71. The van der Waals surface area contributed by atoms with Gasteiger partial charge in [-0.25, -0.2) is 0 Å². The third-order valence-corrected chi connectivity index (χ3v) is 3.48. The predicted molar refractivity (Wildman–Crippen MR) is 51.9 cm³/mol. The minimum Gasteiger partial charge on any atom is -0.394 e. The summed E-state index contributed by atoms with van der Waals surface area (Å²) in [5, 5.41) is 28.7. The van der Waals surface area contributed by atoms with E-state index in [9.17, 15) is 10.2 Å². The van der Waals surface area contributed by atoms with E-state index in [1.807, 2.05) is 0 Å². The Morgan fingerprint density at radius 1 is 1.47 bits per heavy atom. The molecule has 0 aromatic heterocycles. The van der Waals surface area contributed by atoms with Gasteiger partial charge in [-0.3, -0.25) is 4.90 Å². The van der Waals surface area contributed by atoms with Gasteiger partial charge in [-0.1, -0.05) is 0 Å². The van der Waals surface area contributed by atoms with Crippen molar-refractivity contribution in [3.05, 3.63) is 0 Å².